The van der Waals surface area contributed by atoms with Crippen LogP contribution in [0.1, 0.15) is 27.7 Å². The van der Waals surface area contributed by atoms with Crippen molar-refractivity contribution >= 4 is 5.91 Å². The maximum absolute atomic E-state index is 13.0. The summed E-state index contributed by atoms with van der Waals surface area (Å²) in [5.74, 6) is -0.375. The molecule has 1 amide bonds. The van der Waals surface area contributed by atoms with E-state index in [1.807, 2.05) is 60.7 Å². The Hall–Kier alpha value is -4.06. The number of nitrogens with one attached hydrogen (secondary N) is 1. The molecule has 0 saturated heterocycles. The zero-order chi connectivity index (χ0) is 20.1. The highest BCUT2D eigenvalue weighted by molar-refractivity contribution is 5.92. The molecule has 1 atom stereocenters. The molecular formula is C23H18N4O2. The Bertz CT molecular complexity index is 1120. The lowest BCUT2D eigenvalue weighted by Crippen LogP contribution is -2.32. The first kappa shape index (κ1) is 18.3. The number of carbonyl (C=O) groups excluding carboxylic acids is 1. The third-order valence-electron chi connectivity index (χ3n) is 4.48. The Balaban J connectivity index is 1.68. The van der Waals surface area contributed by atoms with Crippen molar-refractivity contribution in [3.8, 4) is 5.69 Å². The van der Waals surface area contributed by atoms with Gasteiger partial charge in [0.15, 0.2) is 0 Å². The monoisotopic (exact) mass is 382 g/mol. The van der Waals surface area contributed by atoms with E-state index < -0.39 is 0 Å². The first-order chi connectivity index (χ1) is 14.2. The van der Waals surface area contributed by atoms with Gasteiger partial charge in [-0.25, -0.2) is 0 Å². The topological polar surface area (TPSA) is 76.9 Å². The van der Waals surface area contributed by atoms with E-state index in [9.17, 15) is 9.59 Å². The Morgan fingerprint density at radius 2 is 1.41 bits per heavy atom. The second-order valence-corrected chi connectivity index (χ2v) is 6.40. The molecule has 29 heavy (non-hydrogen) atoms. The number of hydrogen-bond donors (Lipinski definition) is 1. The number of aromatic nitrogens is 3. The van der Waals surface area contributed by atoms with Crippen LogP contribution in [0, 0.1) is 0 Å². The van der Waals surface area contributed by atoms with E-state index in [1.54, 1.807) is 24.5 Å². The van der Waals surface area contributed by atoms with E-state index in [2.05, 4.69) is 15.4 Å². The average Bonchev–Trinajstić information content (AvgIpc) is 2.79. The van der Waals surface area contributed by atoms with Crippen LogP contribution in [0.2, 0.25) is 0 Å². The van der Waals surface area contributed by atoms with Crippen LogP contribution >= 0.6 is 0 Å². The molecule has 4 rings (SSSR count). The van der Waals surface area contributed by atoms with Gasteiger partial charge in [0.25, 0.3) is 11.5 Å². The van der Waals surface area contributed by atoms with Crippen molar-refractivity contribution in [3.63, 3.8) is 0 Å². The highest BCUT2D eigenvalue weighted by Gasteiger charge is 2.19. The molecule has 2 aromatic heterocycles. The van der Waals surface area contributed by atoms with Gasteiger partial charge >= 0.3 is 0 Å². The van der Waals surface area contributed by atoms with Crippen LogP contribution in [0.15, 0.2) is 102 Å². The van der Waals surface area contributed by atoms with Crippen molar-refractivity contribution in [3.05, 3.63) is 124 Å². The first-order valence-electron chi connectivity index (χ1n) is 9.14. The minimum Gasteiger partial charge on any atom is -0.340 e. The number of carbonyl (C=O) groups is 1. The Labute approximate surface area is 167 Å². The minimum absolute atomic E-state index is 0.156. The van der Waals surface area contributed by atoms with Crippen LogP contribution in [0.5, 0.6) is 0 Å². The predicted molar refractivity (Wildman–Crippen MR) is 110 cm³/mol. The second kappa shape index (κ2) is 8.31. The molecule has 0 bridgehead atoms. The molecule has 2 aromatic carbocycles. The fourth-order valence-electron chi connectivity index (χ4n) is 3.05. The number of benzene rings is 2. The van der Waals surface area contributed by atoms with Crippen molar-refractivity contribution in [1.29, 1.82) is 0 Å². The largest absolute Gasteiger partial charge is 0.340 e. The van der Waals surface area contributed by atoms with Gasteiger partial charge in [-0.1, -0.05) is 48.5 Å². The molecule has 6 nitrogen and oxygen atoms in total. The predicted octanol–water partition coefficient (Wildman–Crippen LogP) is 3.15. The standard InChI is InChI=1S/C23H18N4O2/c28-21-12-11-20(26-27(21)19-9-5-2-6-10-19)23(29)25-22(17-7-3-1-4-8-17)18-13-15-24-16-14-18/h1-16,22H,(H,25,29). The molecular weight excluding hydrogens is 364 g/mol. The number of para-hydroxylation sites is 1. The molecule has 0 radical (unpaired) electrons. The summed E-state index contributed by atoms with van der Waals surface area (Å²) in [7, 11) is 0. The lowest BCUT2D eigenvalue weighted by molar-refractivity contribution is 0.0936. The fraction of sp³-hybridized carbons (Fsp3) is 0.0435. The van der Waals surface area contributed by atoms with Crippen molar-refractivity contribution in [1.82, 2.24) is 20.1 Å². The fourth-order valence-corrected chi connectivity index (χ4v) is 3.05. The number of nitrogens with zero attached hydrogens (tertiary/aromatic N) is 3. The summed E-state index contributed by atoms with van der Waals surface area (Å²) < 4.78 is 1.22. The molecule has 6 heteroatoms. The summed E-state index contributed by atoms with van der Waals surface area (Å²) in [5, 5.41) is 7.28. The Morgan fingerprint density at radius 3 is 2.10 bits per heavy atom. The summed E-state index contributed by atoms with van der Waals surface area (Å²) in [6.45, 7) is 0. The van der Waals surface area contributed by atoms with Gasteiger partial charge in [0.2, 0.25) is 0 Å². The quantitative estimate of drug-likeness (QED) is 0.575. The molecule has 4 aromatic rings. The van der Waals surface area contributed by atoms with E-state index in [-0.39, 0.29) is 23.2 Å². The van der Waals surface area contributed by atoms with Gasteiger partial charge in [0.05, 0.1) is 11.7 Å². The van der Waals surface area contributed by atoms with E-state index >= 15 is 0 Å². The van der Waals surface area contributed by atoms with Crippen LogP contribution in [-0.4, -0.2) is 20.7 Å². The van der Waals surface area contributed by atoms with Crippen LogP contribution in [0.4, 0.5) is 0 Å². The molecule has 0 fully saturated rings. The number of rotatable bonds is 5. The van der Waals surface area contributed by atoms with Gasteiger partial charge in [-0.2, -0.15) is 9.78 Å². The van der Waals surface area contributed by atoms with Crippen LogP contribution in [0.3, 0.4) is 0 Å². The normalized spacial score (nSPS) is 11.6. The molecule has 1 N–H and O–H groups in total. The zero-order valence-electron chi connectivity index (χ0n) is 15.5. The van der Waals surface area contributed by atoms with Crippen molar-refractivity contribution in [2.45, 2.75) is 6.04 Å². The van der Waals surface area contributed by atoms with Gasteiger partial charge in [-0.05, 0) is 41.5 Å². The van der Waals surface area contributed by atoms with Crippen molar-refractivity contribution in [2.75, 3.05) is 0 Å². The molecule has 0 aliphatic rings. The Kier molecular flexibility index (Phi) is 5.25. The smallest absolute Gasteiger partial charge is 0.272 e. The van der Waals surface area contributed by atoms with Crippen LogP contribution in [0.25, 0.3) is 5.69 Å². The minimum atomic E-state index is -0.375. The van der Waals surface area contributed by atoms with Gasteiger partial charge in [0.1, 0.15) is 5.69 Å². The SMILES string of the molecule is O=C(NC(c1ccccc1)c1ccncc1)c1ccc(=O)n(-c2ccccc2)n1. The summed E-state index contributed by atoms with van der Waals surface area (Å²) in [6, 6.07) is 24.8. The van der Waals surface area contributed by atoms with Crippen LogP contribution in [-0.2, 0) is 0 Å². The second-order valence-electron chi connectivity index (χ2n) is 6.40. The Morgan fingerprint density at radius 1 is 0.793 bits per heavy atom. The first-order valence-corrected chi connectivity index (χ1v) is 9.14. The third kappa shape index (κ3) is 4.11. The molecule has 2 heterocycles. The van der Waals surface area contributed by atoms with Crippen LogP contribution < -0.4 is 10.9 Å². The molecule has 1 unspecified atom stereocenters. The van der Waals surface area contributed by atoms with Gasteiger partial charge in [-0.3, -0.25) is 14.6 Å². The average molecular weight is 382 g/mol. The van der Waals surface area contributed by atoms with Crippen molar-refractivity contribution < 1.29 is 4.79 Å². The lowest BCUT2D eigenvalue weighted by Gasteiger charge is -2.19. The maximum atomic E-state index is 13.0. The summed E-state index contributed by atoms with van der Waals surface area (Å²) in [5.41, 5.74) is 2.28. The van der Waals surface area contributed by atoms with Gasteiger partial charge in [0, 0.05) is 18.5 Å². The molecule has 0 spiro atoms. The van der Waals surface area contributed by atoms with Crippen molar-refractivity contribution in [2.24, 2.45) is 0 Å². The number of hydrogen-bond acceptors (Lipinski definition) is 4. The lowest BCUT2D eigenvalue weighted by atomic mass is 9.99. The number of pyridine rings is 1. The van der Waals surface area contributed by atoms with Gasteiger partial charge in [-0.15, -0.1) is 0 Å². The molecule has 0 saturated carbocycles. The van der Waals surface area contributed by atoms with E-state index in [0.29, 0.717) is 5.69 Å². The summed E-state index contributed by atoms with van der Waals surface area (Å²) in [4.78, 5) is 29.3. The molecule has 0 aliphatic carbocycles. The van der Waals surface area contributed by atoms with E-state index in [0.717, 1.165) is 11.1 Å². The number of amides is 1. The summed E-state index contributed by atoms with van der Waals surface area (Å²) in [6.07, 6.45) is 3.37. The highest BCUT2D eigenvalue weighted by Crippen LogP contribution is 2.21. The van der Waals surface area contributed by atoms with Gasteiger partial charge < -0.3 is 5.32 Å². The molecule has 0 aliphatic heterocycles. The van der Waals surface area contributed by atoms with E-state index in [1.165, 1.54) is 16.8 Å². The zero-order valence-corrected chi connectivity index (χ0v) is 15.5. The summed E-state index contributed by atoms with van der Waals surface area (Å²) >= 11 is 0. The molecule has 142 valence electrons. The highest BCUT2D eigenvalue weighted by atomic mass is 16.2. The maximum Gasteiger partial charge on any atom is 0.272 e. The van der Waals surface area contributed by atoms with E-state index in [4.69, 9.17) is 0 Å². The third-order valence-corrected chi connectivity index (χ3v) is 4.48.